The predicted octanol–water partition coefficient (Wildman–Crippen LogP) is 3.40. The second kappa shape index (κ2) is 13.2. The number of rotatable bonds is 16. The van der Waals surface area contributed by atoms with Crippen LogP contribution < -0.4 is 0 Å². The first-order chi connectivity index (χ1) is 18.3. The lowest BCUT2D eigenvalue weighted by Gasteiger charge is -2.41. The van der Waals surface area contributed by atoms with Crippen molar-refractivity contribution in [3.8, 4) is 0 Å². The first-order valence-electron chi connectivity index (χ1n) is 14.7. The Morgan fingerprint density at radius 2 is 1.76 bits per heavy atom. The van der Waals surface area contributed by atoms with Crippen molar-refractivity contribution in [2.24, 2.45) is 17.8 Å². The molecule has 1 N–H and O–H groups in total. The summed E-state index contributed by atoms with van der Waals surface area (Å²) in [5.74, 6) is -1.88. The van der Waals surface area contributed by atoms with Crippen LogP contribution in [0.2, 0.25) is 0 Å². The SMILES string of the molecule is C=CCN(CCCCC)C(=O)C1N([C@@H](CO)[C@@H](C)CC)C(=O)[C@@H]2[C@H](C(=O)N(CC=C)CCC)[C@@H]3CCC12O3. The molecule has 3 saturated heterocycles. The smallest absolute Gasteiger partial charge is 0.248 e. The van der Waals surface area contributed by atoms with Crippen molar-refractivity contribution in [1.29, 1.82) is 0 Å². The summed E-state index contributed by atoms with van der Waals surface area (Å²) in [5.41, 5.74) is -1.06. The van der Waals surface area contributed by atoms with Crippen molar-refractivity contribution in [3.63, 3.8) is 0 Å². The number of carbonyl (C=O) groups excluding carboxylic acids is 3. The van der Waals surface area contributed by atoms with Crippen molar-refractivity contribution < 1.29 is 24.2 Å². The Morgan fingerprint density at radius 3 is 2.32 bits per heavy atom. The first-order valence-corrected chi connectivity index (χ1v) is 14.7. The largest absolute Gasteiger partial charge is 0.394 e. The average Bonchev–Trinajstić information content (AvgIpc) is 3.55. The number of amides is 3. The standard InChI is InChI=1S/C30H49N3O5/c1-7-12-13-19-32(18-10-4)29(37)26-30-15-14-23(38-30)24(27(35)31(16-8-2)17-9-3)25(30)28(36)33(26)22(20-34)21(6)11-5/h8,10,21-26,34H,2,4,7,9,11-20H2,1,3,5-6H3/t21-,22-,23-,24+,25-,26?,30?/m0/s1. The van der Waals surface area contributed by atoms with E-state index in [-0.39, 0.29) is 36.4 Å². The maximum atomic E-state index is 14.4. The van der Waals surface area contributed by atoms with Gasteiger partial charge in [-0.25, -0.2) is 0 Å². The molecule has 8 nitrogen and oxygen atoms in total. The zero-order valence-corrected chi connectivity index (χ0v) is 23.9. The lowest BCUT2D eigenvalue weighted by molar-refractivity contribution is -0.153. The Hall–Kier alpha value is -2.19. The molecule has 0 aromatic heterocycles. The van der Waals surface area contributed by atoms with Crippen LogP contribution in [-0.4, -0.2) is 94.1 Å². The van der Waals surface area contributed by atoms with Gasteiger partial charge < -0.3 is 24.5 Å². The number of likely N-dealkylation sites (tertiary alicyclic amines) is 1. The summed E-state index contributed by atoms with van der Waals surface area (Å²) in [5, 5.41) is 10.5. The molecule has 0 aromatic carbocycles. The molecule has 3 amide bonds. The molecule has 38 heavy (non-hydrogen) atoms. The molecule has 2 unspecified atom stereocenters. The second-order valence-electron chi connectivity index (χ2n) is 11.3. The summed E-state index contributed by atoms with van der Waals surface area (Å²) in [7, 11) is 0. The van der Waals surface area contributed by atoms with Crippen molar-refractivity contribution in [2.45, 2.75) is 96.4 Å². The van der Waals surface area contributed by atoms with Crippen LogP contribution in [0.3, 0.4) is 0 Å². The summed E-state index contributed by atoms with van der Waals surface area (Å²) >= 11 is 0. The molecule has 0 aromatic rings. The zero-order valence-electron chi connectivity index (χ0n) is 23.9. The molecule has 1 spiro atoms. The molecule has 0 aliphatic carbocycles. The zero-order chi connectivity index (χ0) is 28.0. The van der Waals surface area contributed by atoms with E-state index in [9.17, 15) is 19.5 Å². The molecule has 0 saturated carbocycles. The second-order valence-corrected chi connectivity index (χ2v) is 11.3. The number of aliphatic hydroxyl groups excluding tert-OH is 1. The molecule has 3 fully saturated rings. The third-order valence-electron chi connectivity index (χ3n) is 8.95. The van der Waals surface area contributed by atoms with Crippen LogP contribution in [0.5, 0.6) is 0 Å². The van der Waals surface area contributed by atoms with Gasteiger partial charge in [-0.2, -0.15) is 0 Å². The number of aliphatic hydroxyl groups is 1. The number of ether oxygens (including phenoxy) is 1. The lowest BCUT2D eigenvalue weighted by atomic mass is 9.70. The van der Waals surface area contributed by atoms with E-state index in [2.05, 4.69) is 20.1 Å². The van der Waals surface area contributed by atoms with Gasteiger partial charge in [0.25, 0.3) is 0 Å². The quantitative estimate of drug-likeness (QED) is 0.244. The fourth-order valence-electron chi connectivity index (χ4n) is 6.92. The Balaban J connectivity index is 2.08. The van der Waals surface area contributed by atoms with E-state index >= 15 is 0 Å². The molecule has 3 aliphatic heterocycles. The summed E-state index contributed by atoms with van der Waals surface area (Å²) in [4.78, 5) is 47.8. The van der Waals surface area contributed by atoms with Crippen LogP contribution in [0.15, 0.2) is 25.3 Å². The van der Waals surface area contributed by atoms with Crippen LogP contribution in [0.25, 0.3) is 0 Å². The Morgan fingerprint density at radius 1 is 1.11 bits per heavy atom. The van der Waals surface area contributed by atoms with Crippen molar-refractivity contribution in [3.05, 3.63) is 25.3 Å². The van der Waals surface area contributed by atoms with Gasteiger partial charge >= 0.3 is 0 Å². The predicted molar refractivity (Wildman–Crippen MR) is 148 cm³/mol. The van der Waals surface area contributed by atoms with Gasteiger partial charge in [-0.1, -0.05) is 59.1 Å². The summed E-state index contributed by atoms with van der Waals surface area (Å²) in [6, 6.07) is -1.39. The minimum absolute atomic E-state index is 0.0221. The number of unbranched alkanes of at least 4 members (excludes halogenated alkanes) is 2. The Bertz CT molecular complexity index is 878. The average molecular weight is 532 g/mol. The van der Waals surface area contributed by atoms with Crippen LogP contribution in [0.1, 0.15) is 72.6 Å². The Labute approximate surface area is 229 Å². The molecule has 7 atom stereocenters. The van der Waals surface area contributed by atoms with Crippen LogP contribution >= 0.6 is 0 Å². The van der Waals surface area contributed by atoms with Gasteiger partial charge in [0.15, 0.2) is 0 Å². The van der Waals surface area contributed by atoms with Crippen molar-refractivity contribution in [1.82, 2.24) is 14.7 Å². The maximum Gasteiger partial charge on any atom is 0.248 e. The molecule has 2 bridgehead atoms. The van der Waals surface area contributed by atoms with E-state index in [1.807, 2.05) is 20.8 Å². The van der Waals surface area contributed by atoms with E-state index in [4.69, 9.17) is 4.74 Å². The van der Waals surface area contributed by atoms with E-state index in [1.165, 1.54) is 0 Å². The number of hydrogen-bond acceptors (Lipinski definition) is 5. The van der Waals surface area contributed by atoms with E-state index in [0.29, 0.717) is 39.0 Å². The highest BCUT2D eigenvalue weighted by atomic mass is 16.5. The monoisotopic (exact) mass is 531 g/mol. The number of carbonyl (C=O) groups is 3. The minimum Gasteiger partial charge on any atom is -0.394 e. The van der Waals surface area contributed by atoms with Gasteiger partial charge in [0, 0.05) is 26.2 Å². The van der Waals surface area contributed by atoms with Crippen LogP contribution in [-0.2, 0) is 19.1 Å². The van der Waals surface area contributed by atoms with Gasteiger partial charge in [-0.3, -0.25) is 14.4 Å². The van der Waals surface area contributed by atoms with Gasteiger partial charge in [0.05, 0.1) is 30.6 Å². The molecule has 3 rings (SSSR count). The number of hydrogen-bond donors (Lipinski definition) is 1. The molecular formula is C30H49N3O5. The fraction of sp³-hybridized carbons (Fsp3) is 0.767. The third-order valence-corrected chi connectivity index (χ3v) is 8.95. The maximum absolute atomic E-state index is 14.4. The molecule has 214 valence electrons. The van der Waals surface area contributed by atoms with Gasteiger partial charge in [0.1, 0.15) is 11.6 Å². The molecular weight excluding hydrogens is 482 g/mol. The number of fused-ring (bicyclic) bond motifs is 1. The highest BCUT2D eigenvalue weighted by Gasteiger charge is 2.75. The normalized spacial score (nSPS) is 29.2. The Kier molecular flexibility index (Phi) is 10.6. The van der Waals surface area contributed by atoms with Crippen LogP contribution in [0, 0.1) is 17.8 Å². The molecule has 8 heteroatoms. The van der Waals surface area contributed by atoms with E-state index in [0.717, 1.165) is 32.1 Å². The first kappa shape index (κ1) is 30.4. The fourth-order valence-corrected chi connectivity index (χ4v) is 6.92. The summed E-state index contributed by atoms with van der Waals surface area (Å²) in [6.45, 7) is 17.5. The van der Waals surface area contributed by atoms with Crippen LogP contribution in [0.4, 0.5) is 0 Å². The van der Waals surface area contributed by atoms with Gasteiger partial charge in [0.2, 0.25) is 17.7 Å². The minimum atomic E-state index is -1.06. The molecule has 3 heterocycles. The highest BCUT2D eigenvalue weighted by molar-refractivity contribution is 5.99. The van der Waals surface area contributed by atoms with Crippen molar-refractivity contribution >= 4 is 17.7 Å². The highest BCUT2D eigenvalue weighted by Crippen LogP contribution is 2.59. The van der Waals surface area contributed by atoms with Gasteiger partial charge in [-0.15, -0.1) is 13.2 Å². The topological polar surface area (TPSA) is 90.4 Å². The molecule has 0 radical (unpaired) electrons. The summed E-state index contributed by atoms with van der Waals surface area (Å²) in [6.07, 6.45) is 8.66. The number of nitrogens with zero attached hydrogens (tertiary/aromatic N) is 3. The summed E-state index contributed by atoms with van der Waals surface area (Å²) < 4.78 is 6.63. The van der Waals surface area contributed by atoms with Crippen molar-refractivity contribution in [2.75, 3.05) is 32.8 Å². The lowest BCUT2D eigenvalue weighted by Crippen LogP contribution is -2.59. The van der Waals surface area contributed by atoms with E-state index in [1.54, 1.807) is 26.9 Å². The third kappa shape index (κ3) is 5.31. The van der Waals surface area contributed by atoms with E-state index < -0.39 is 29.5 Å². The molecule has 3 aliphatic rings. The van der Waals surface area contributed by atoms with Gasteiger partial charge in [-0.05, 0) is 31.6 Å².